The quantitative estimate of drug-likeness (QED) is 0.494. The number of nitrogens with one attached hydrogen (secondary N) is 2. The Hall–Kier alpha value is -3.37. The molecule has 0 saturated carbocycles. The van der Waals surface area contributed by atoms with Crippen LogP contribution in [0.4, 0.5) is 5.69 Å². The number of pyridine rings is 1. The molecule has 28 heavy (non-hydrogen) atoms. The summed E-state index contributed by atoms with van der Waals surface area (Å²) in [7, 11) is 0. The average molecular weight is 391 g/mol. The van der Waals surface area contributed by atoms with E-state index in [4.69, 9.17) is 16.0 Å². The van der Waals surface area contributed by atoms with Crippen LogP contribution >= 0.6 is 11.6 Å². The molecule has 7 nitrogen and oxygen atoms in total. The van der Waals surface area contributed by atoms with Gasteiger partial charge in [0.1, 0.15) is 16.9 Å². The van der Waals surface area contributed by atoms with Gasteiger partial charge in [0.25, 0.3) is 0 Å². The molecule has 0 bridgehead atoms. The minimum absolute atomic E-state index is 0.0343. The molecule has 8 heteroatoms. The maximum atomic E-state index is 9.19. The third kappa shape index (κ3) is 2.79. The number of aromatic nitrogens is 4. The lowest BCUT2D eigenvalue weighted by Gasteiger charge is -2.26. The summed E-state index contributed by atoms with van der Waals surface area (Å²) in [5.74, 6) is 0.615. The summed E-state index contributed by atoms with van der Waals surface area (Å²) in [6.07, 6.45) is 5.91. The molecule has 1 unspecified atom stereocenters. The van der Waals surface area contributed by atoms with Gasteiger partial charge < -0.3 is 9.73 Å². The summed E-state index contributed by atoms with van der Waals surface area (Å²) >= 11 is 6.18. The van der Waals surface area contributed by atoms with Gasteiger partial charge in [-0.25, -0.2) is 9.97 Å². The third-order valence-corrected chi connectivity index (χ3v) is 5.34. The van der Waals surface area contributed by atoms with E-state index in [1.807, 2.05) is 24.3 Å². The highest BCUT2D eigenvalue weighted by Gasteiger charge is 2.24. The van der Waals surface area contributed by atoms with E-state index >= 15 is 0 Å². The number of oxazole rings is 1. The molecule has 3 aromatic heterocycles. The zero-order valence-corrected chi connectivity index (χ0v) is 15.5. The van der Waals surface area contributed by atoms with Crippen molar-refractivity contribution in [3.63, 3.8) is 0 Å². The first-order valence-corrected chi connectivity index (χ1v) is 9.33. The highest BCUT2D eigenvalue weighted by atomic mass is 35.5. The van der Waals surface area contributed by atoms with Crippen LogP contribution in [-0.4, -0.2) is 20.2 Å². The molecule has 4 aromatic rings. The van der Waals surface area contributed by atoms with Crippen LogP contribution in [0.1, 0.15) is 35.7 Å². The molecule has 0 fully saturated rings. The van der Waals surface area contributed by atoms with Gasteiger partial charge in [0, 0.05) is 11.1 Å². The number of nitriles is 1. The molecule has 1 atom stereocenters. The van der Waals surface area contributed by atoms with E-state index in [2.05, 4.69) is 31.6 Å². The smallest absolute Gasteiger partial charge is 0.181 e. The first-order valence-electron chi connectivity index (χ1n) is 8.96. The summed E-state index contributed by atoms with van der Waals surface area (Å²) < 4.78 is 5.39. The lowest BCUT2D eigenvalue weighted by molar-refractivity contribution is 0.570. The number of fused-ring (bicyclic) bond motifs is 2. The van der Waals surface area contributed by atoms with Crippen LogP contribution < -0.4 is 5.32 Å². The van der Waals surface area contributed by atoms with Crippen molar-refractivity contribution in [3.05, 3.63) is 58.8 Å². The van der Waals surface area contributed by atoms with E-state index in [1.54, 1.807) is 6.20 Å². The van der Waals surface area contributed by atoms with Crippen molar-refractivity contribution in [2.24, 2.45) is 0 Å². The predicted octanol–water partition coefficient (Wildman–Crippen LogP) is 4.63. The fourth-order valence-corrected chi connectivity index (χ4v) is 3.91. The van der Waals surface area contributed by atoms with Crippen LogP contribution in [0.3, 0.4) is 0 Å². The Morgan fingerprint density at radius 3 is 3.07 bits per heavy atom. The van der Waals surface area contributed by atoms with E-state index in [9.17, 15) is 5.26 Å². The van der Waals surface area contributed by atoms with Crippen LogP contribution in [0.15, 0.2) is 41.3 Å². The molecule has 2 N–H and O–H groups in total. The number of nitrogens with zero attached hydrogens (tertiary/aromatic N) is 4. The molecule has 1 aliphatic rings. The number of anilines is 1. The van der Waals surface area contributed by atoms with Gasteiger partial charge in [-0.1, -0.05) is 11.6 Å². The second-order valence-corrected chi connectivity index (χ2v) is 7.13. The van der Waals surface area contributed by atoms with Gasteiger partial charge in [-0.3, -0.25) is 5.10 Å². The predicted molar refractivity (Wildman–Crippen MR) is 105 cm³/mol. The van der Waals surface area contributed by atoms with Crippen molar-refractivity contribution in [2.45, 2.75) is 25.3 Å². The first-order chi connectivity index (χ1) is 13.7. The second kappa shape index (κ2) is 6.66. The number of aromatic amines is 1. The van der Waals surface area contributed by atoms with Crippen LogP contribution in [0.25, 0.3) is 22.4 Å². The number of hydrogen-bond donors (Lipinski definition) is 2. The number of aryl methyl sites for hydroxylation is 1. The number of halogens is 1. The van der Waals surface area contributed by atoms with Crippen molar-refractivity contribution in [2.75, 3.05) is 5.32 Å². The average Bonchev–Trinajstić information content (AvgIpc) is 3.37. The summed E-state index contributed by atoms with van der Waals surface area (Å²) in [5, 5.41) is 21.3. The molecule has 138 valence electrons. The Labute approximate surface area is 165 Å². The fraction of sp³-hybridized carbons (Fsp3) is 0.200. The standard InChI is InChI=1S/C20H15ClN6O/c21-20-12(8-22)6-11-2-1-3-16(18(11)25-20)24-13-4-5-15-14(7-13)19(27-26-15)17-9-23-10-28-17/h4-7,9-10,16,24H,1-3H2,(H,26,27). The van der Waals surface area contributed by atoms with Crippen molar-refractivity contribution in [3.8, 4) is 17.5 Å². The summed E-state index contributed by atoms with van der Waals surface area (Å²) in [6, 6.07) is 10.0. The van der Waals surface area contributed by atoms with E-state index in [0.717, 1.165) is 52.8 Å². The van der Waals surface area contributed by atoms with Gasteiger partial charge in [0.05, 0.1) is 29.0 Å². The molecule has 0 saturated heterocycles. The molecule has 1 aliphatic carbocycles. The van der Waals surface area contributed by atoms with Gasteiger partial charge in [-0.05, 0) is 49.1 Å². The van der Waals surface area contributed by atoms with Crippen molar-refractivity contribution < 1.29 is 4.42 Å². The Kier molecular flexibility index (Phi) is 3.99. The molecular weight excluding hydrogens is 376 g/mol. The number of rotatable bonds is 3. The van der Waals surface area contributed by atoms with Crippen LogP contribution in [0.2, 0.25) is 5.15 Å². The Morgan fingerprint density at radius 2 is 2.25 bits per heavy atom. The molecule has 0 amide bonds. The van der Waals surface area contributed by atoms with Gasteiger partial charge in [-0.2, -0.15) is 10.4 Å². The highest BCUT2D eigenvalue weighted by Crippen LogP contribution is 2.35. The first kappa shape index (κ1) is 16.8. The maximum Gasteiger partial charge on any atom is 0.181 e. The van der Waals surface area contributed by atoms with Crippen molar-refractivity contribution in [1.29, 1.82) is 5.26 Å². The van der Waals surface area contributed by atoms with Crippen molar-refractivity contribution >= 4 is 28.2 Å². The van der Waals surface area contributed by atoms with Crippen molar-refractivity contribution in [1.82, 2.24) is 20.2 Å². The topological polar surface area (TPSA) is 103 Å². The molecule has 0 aliphatic heterocycles. The molecule has 0 radical (unpaired) electrons. The summed E-state index contributed by atoms with van der Waals surface area (Å²) in [6.45, 7) is 0. The SMILES string of the molecule is N#Cc1cc2c(nc1Cl)C(Nc1ccc3[nH]nc(-c4cnco4)c3c1)CCC2. The van der Waals surface area contributed by atoms with Crippen LogP contribution in [0, 0.1) is 11.3 Å². The van der Waals surface area contributed by atoms with Crippen LogP contribution in [0.5, 0.6) is 0 Å². The largest absolute Gasteiger partial charge is 0.442 e. The fourth-order valence-electron chi connectivity index (χ4n) is 3.73. The second-order valence-electron chi connectivity index (χ2n) is 6.77. The molecule has 0 spiro atoms. The molecule has 3 heterocycles. The normalized spacial score (nSPS) is 15.9. The van der Waals surface area contributed by atoms with E-state index < -0.39 is 0 Å². The monoisotopic (exact) mass is 390 g/mol. The van der Waals surface area contributed by atoms with E-state index in [-0.39, 0.29) is 11.2 Å². The number of hydrogen-bond acceptors (Lipinski definition) is 6. The zero-order chi connectivity index (χ0) is 19.1. The lowest BCUT2D eigenvalue weighted by Crippen LogP contribution is -2.19. The lowest BCUT2D eigenvalue weighted by atomic mass is 9.91. The van der Waals surface area contributed by atoms with E-state index in [1.165, 1.54) is 6.39 Å². The highest BCUT2D eigenvalue weighted by molar-refractivity contribution is 6.30. The third-order valence-electron chi connectivity index (χ3n) is 5.05. The molecule has 5 rings (SSSR count). The summed E-state index contributed by atoms with van der Waals surface area (Å²) in [4.78, 5) is 8.48. The Morgan fingerprint density at radius 1 is 1.32 bits per heavy atom. The van der Waals surface area contributed by atoms with Gasteiger partial charge in [0.2, 0.25) is 0 Å². The summed E-state index contributed by atoms with van der Waals surface area (Å²) in [5.41, 5.74) is 5.02. The maximum absolute atomic E-state index is 9.19. The van der Waals surface area contributed by atoms with Gasteiger partial charge in [0.15, 0.2) is 12.2 Å². The Bertz CT molecular complexity index is 1210. The van der Waals surface area contributed by atoms with Crippen LogP contribution in [-0.2, 0) is 6.42 Å². The number of benzene rings is 1. The zero-order valence-electron chi connectivity index (χ0n) is 14.7. The molecular formula is C20H15ClN6O. The minimum Gasteiger partial charge on any atom is -0.442 e. The minimum atomic E-state index is 0.0343. The van der Waals surface area contributed by atoms with Gasteiger partial charge >= 0.3 is 0 Å². The van der Waals surface area contributed by atoms with E-state index in [0.29, 0.717) is 11.3 Å². The number of H-pyrrole nitrogens is 1. The van der Waals surface area contributed by atoms with Gasteiger partial charge in [-0.15, -0.1) is 0 Å². The Balaban J connectivity index is 1.51. The molecule has 1 aromatic carbocycles.